The number of benzene rings is 1. The van der Waals surface area contributed by atoms with E-state index < -0.39 is 0 Å². The molecule has 3 nitrogen and oxygen atoms in total. The molecular formula is C14H20ClNO2. The van der Waals surface area contributed by atoms with Crippen LogP contribution in [0.4, 0.5) is 0 Å². The van der Waals surface area contributed by atoms with Crippen LogP contribution in [-0.4, -0.2) is 20.8 Å². The first kappa shape index (κ1) is 14.9. The van der Waals surface area contributed by atoms with Gasteiger partial charge in [0.25, 0.3) is 0 Å². The molecule has 0 saturated heterocycles. The molecule has 100 valence electrons. The first-order chi connectivity index (χ1) is 8.58. The molecule has 0 spiro atoms. The second kappa shape index (κ2) is 7.29. The van der Waals surface area contributed by atoms with Crippen molar-refractivity contribution in [1.29, 1.82) is 0 Å². The fourth-order valence-corrected chi connectivity index (χ4v) is 1.88. The maximum atomic E-state index is 6.13. The van der Waals surface area contributed by atoms with E-state index in [1.54, 1.807) is 14.2 Å². The van der Waals surface area contributed by atoms with Crippen molar-refractivity contribution in [3.05, 3.63) is 34.4 Å². The Hall–Kier alpha value is -1.19. The normalized spacial score (nSPS) is 10.1. The van der Waals surface area contributed by atoms with E-state index >= 15 is 0 Å². The van der Waals surface area contributed by atoms with Crippen LogP contribution in [0.25, 0.3) is 0 Å². The van der Waals surface area contributed by atoms with Crippen LogP contribution in [0.5, 0.6) is 11.5 Å². The fourth-order valence-electron chi connectivity index (χ4n) is 1.57. The smallest absolute Gasteiger partial charge is 0.179 e. The van der Waals surface area contributed by atoms with Crippen molar-refractivity contribution in [2.75, 3.05) is 20.8 Å². The molecule has 0 heterocycles. The van der Waals surface area contributed by atoms with Gasteiger partial charge in [-0.05, 0) is 31.5 Å². The summed E-state index contributed by atoms with van der Waals surface area (Å²) in [6.45, 7) is 5.74. The van der Waals surface area contributed by atoms with Gasteiger partial charge in [-0.1, -0.05) is 23.3 Å². The monoisotopic (exact) mass is 269 g/mol. The summed E-state index contributed by atoms with van der Waals surface area (Å²) in [6, 6.07) is 3.82. The molecule has 1 aromatic carbocycles. The van der Waals surface area contributed by atoms with Crippen LogP contribution in [-0.2, 0) is 6.54 Å². The molecular weight excluding hydrogens is 250 g/mol. The minimum absolute atomic E-state index is 0.566. The number of ether oxygens (including phenoxy) is 2. The van der Waals surface area contributed by atoms with Crippen molar-refractivity contribution < 1.29 is 9.47 Å². The zero-order chi connectivity index (χ0) is 13.5. The maximum Gasteiger partial charge on any atom is 0.179 e. The second-order valence-electron chi connectivity index (χ2n) is 4.23. The summed E-state index contributed by atoms with van der Waals surface area (Å²) in [7, 11) is 3.19. The molecule has 0 unspecified atom stereocenters. The third-order valence-corrected chi connectivity index (χ3v) is 2.76. The van der Waals surface area contributed by atoms with Gasteiger partial charge in [0.2, 0.25) is 0 Å². The van der Waals surface area contributed by atoms with Crippen molar-refractivity contribution in [1.82, 2.24) is 5.32 Å². The van der Waals surface area contributed by atoms with Crippen molar-refractivity contribution in [2.45, 2.75) is 20.4 Å². The van der Waals surface area contributed by atoms with E-state index in [0.29, 0.717) is 16.5 Å². The van der Waals surface area contributed by atoms with Crippen LogP contribution in [0.2, 0.25) is 5.02 Å². The van der Waals surface area contributed by atoms with Crippen LogP contribution in [0.1, 0.15) is 19.4 Å². The second-order valence-corrected chi connectivity index (χ2v) is 4.63. The van der Waals surface area contributed by atoms with E-state index in [9.17, 15) is 0 Å². The quantitative estimate of drug-likeness (QED) is 0.634. The van der Waals surface area contributed by atoms with Crippen LogP contribution < -0.4 is 14.8 Å². The van der Waals surface area contributed by atoms with Gasteiger partial charge < -0.3 is 14.8 Å². The first-order valence-corrected chi connectivity index (χ1v) is 6.20. The molecule has 0 atom stereocenters. The van der Waals surface area contributed by atoms with Crippen LogP contribution in [0, 0.1) is 0 Å². The molecule has 0 aliphatic carbocycles. The van der Waals surface area contributed by atoms with Gasteiger partial charge in [-0.15, -0.1) is 0 Å². The minimum Gasteiger partial charge on any atom is -0.493 e. The number of hydrogen-bond donors (Lipinski definition) is 1. The Morgan fingerprint density at radius 2 is 2.00 bits per heavy atom. The Bertz CT molecular complexity index is 426. The molecule has 18 heavy (non-hydrogen) atoms. The van der Waals surface area contributed by atoms with Gasteiger partial charge in [0.15, 0.2) is 11.5 Å². The highest BCUT2D eigenvalue weighted by Gasteiger charge is 2.10. The van der Waals surface area contributed by atoms with E-state index in [0.717, 1.165) is 18.7 Å². The van der Waals surface area contributed by atoms with Gasteiger partial charge in [-0.25, -0.2) is 0 Å². The largest absolute Gasteiger partial charge is 0.493 e. The topological polar surface area (TPSA) is 30.5 Å². The number of methoxy groups -OCH3 is 2. The molecule has 4 heteroatoms. The predicted molar refractivity (Wildman–Crippen MR) is 75.7 cm³/mol. The molecule has 0 aliphatic heterocycles. The number of nitrogens with one attached hydrogen (secondary N) is 1. The van der Waals surface area contributed by atoms with Crippen molar-refractivity contribution in [3.63, 3.8) is 0 Å². The summed E-state index contributed by atoms with van der Waals surface area (Å²) in [5.41, 5.74) is 2.37. The minimum atomic E-state index is 0.566. The average Bonchev–Trinajstić information content (AvgIpc) is 2.33. The highest BCUT2D eigenvalue weighted by Crippen LogP contribution is 2.35. The molecule has 0 saturated carbocycles. The molecule has 1 aromatic rings. The summed E-state index contributed by atoms with van der Waals surface area (Å²) in [5.74, 6) is 1.23. The number of hydrogen-bond acceptors (Lipinski definition) is 3. The lowest BCUT2D eigenvalue weighted by molar-refractivity contribution is 0.354. The Kier molecular flexibility index (Phi) is 6.02. The van der Waals surface area contributed by atoms with E-state index in [1.807, 2.05) is 12.1 Å². The van der Waals surface area contributed by atoms with Gasteiger partial charge >= 0.3 is 0 Å². The lowest BCUT2D eigenvalue weighted by Gasteiger charge is -2.12. The highest BCUT2D eigenvalue weighted by atomic mass is 35.5. The fraction of sp³-hybridized carbons (Fsp3) is 0.429. The van der Waals surface area contributed by atoms with E-state index in [4.69, 9.17) is 21.1 Å². The van der Waals surface area contributed by atoms with E-state index in [2.05, 4.69) is 25.2 Å². The molecule has 0 amide bonds. The molecule has 0 aromatic heterocycles. The standard InChI is InChI=1S/C14H20ClNO2/c1-10(2)5-6-16-9-11-7-12(15)14(18-4)13(8-11)17-3/h5,7-8,16H,6,9H2,1-4H3. The summed E-state index contributed by atoms with van der Waals surface area (Å²) in [6.07, 6.45) is 2.14. The van der Waals surface area contributed by atoms with Gasteiger partial charge in [-0.3, -0.25) is 0 Å². The zero-order valence-electron chi connectivity index (χ0n) is 11.3. The molecule has 0 bridgehead atoms. The lowest BCUT2D eigenvalue weighted by atomic mass is 10.2. The Morgan fingerprint density at radius 3 is 2.56 bits per heavy atom. The maximum absolute atomic E-state index is 6.13. The Labute approximate surface area is 114 Å². The van der Waals surface area contributed by atoms with Gasteiger partial charge in [0.05, 0.1) is 19.2 Å². The average molecular weight is 270 g/mol. The molecule has 1 rings (SSSR count). The van der Waals surface area contributed by atoms with Crippen LogP contribution in [0.15, 0.2) is 23.8 Å². The molecule has 0 radical (unpaired) electrons. The summed E-state index contributed by atoms with van der Waals surface area (Å²) >= 11 is 6.13. The van der Waals surface area contributed by atoms with E-state index in [-0.39, 0.29) is 0 Å². The number of halogens is 1. The SMILES string of the molecule is COc1cc(CNCC=C(C)C)cc(Cl)c1OC. The summed E-state index contributed by atoms with van der Waals surface area (Å²) in [5, 5.41) is 3.88. The van der Waals surface area contributed by atoms with Gasteiger partial charge in [0.1, 0.15) is 0 Å². The predicted octanol–water partition coefficient (Wildman–Crippen LogP) is 3.41. The third kappa shape index (κ3) is 4.24. The molecule has 0 fully saturated rings. The lowest BCUT2D eigenvalue weighted by Crippen LogP contribution is -2.13. The zero-order valence-corrected chi connectivity index (χ0v) is 12.1. The van der Waals surface area contributed by atoms with Crippen molar-refractivity contribution >= 4 is 11.6 Å². The number of rotatable bonds is 6. The third-order valence-electron chi connectivity index (χ3n) is 2.48. The van der Waals surface area contributed by atoms with Gasteiger partial charge in [-0.2, -0.15) is 0 Å². The summed E-state index contributed by atoms with van der Waals surface area (Å²) < 4.78 is 10.4. The van der Waals surface area contributed by atoms with Gasteiger partial charge in [0, 0.05) is 13.1 Å². The molecule has 1 N–H and O–H groups in total. The van der Waals surface area contributed by atoms with Crippen molar-refractivity contribution in [2.24, 2.45) is 0 Å². The molecule has 0 aliphatic rings. The number of allylic oxidation sites excluding steroid dienone is 1. The van der Waals surface area contributed by atoms with Crippen LogP contribution in [0.3, 0.4) is 0 Å². The summed E-state index contributed by atoms with van der Waals surface area (Å²) in [4.78, 5) is 0. The van der Waals surface area contributed by atoms with E-state index in [1.165, 1.54) is 5.57 Å². The van der Waals surface area contributed by atoms with Crippen molar-refractivity contribution in [3.8, 4) is 11.5 Å². The Morgan fingerprint density at radius 1 is 1.28 bits per heavy atom. The Balaban J connectivity index is 2.72. The van der Waals surface area contributed by atoms with Crippen LogP contribution >= 0.6 is 11.6 Å². The first-order valence-electron chi connectivity index (χ1n) is 5.83. The highest BCUT2D eigenvalue weighted by molar-refractivity contribution is 6.32.